The Hall–Kier alpha value is -0.530. The van der Waals surface area contributed by atoms with Gasteiger partial charge in [-0.15, -0.1) is 11.6 Å². The Morgan fingerprint density at radius 3 is 1.21 bits per heavy atom. The lowest BCUT2D eigenvalue weighted by Gasteiger charge is -2.02. The first-order chi connectivity index (χ1) is 14.3. The van der Waals surface area contributed by atoms with Crippen molar-refractivity contribution in [2.24, 2.45) is 5.73 Å². The van der Waals surface area contributed by atoms with Gasteiger partial charge in [0.05, 0.1) is 0 Å². The zero-order valence-corrected chi connectivity index (χ0v) is 20.8. The predicted octanol–water partition coefficient (Wildman–Crippen LogP) is 9.66. The molecular formula is C27H52ClN. The lowest BCUT2D eigenvalue weighted by Crippen LogP contribution is -1.94. The van der Waals surface area contributed by atoms with E-state index in [9.17, 15) is 0 Å². The summed E-state index contributed by atoms with van der Waals surface area (Å²) in [4.78, 5) is 0. The molecule has 0 fully saturated rings. The van der Waals surface area contributed by atoms with Gasteiger partial charge in [-0.1, -0.05) is 147 Å². The lowest BCUT2D eigenvalue weighted by molar-refractivity contribution is 0.538. The maximum absolute atomic E-state index is 5.64. The molecule has 0 radical (unpaired) electrons. The molecule has 0 amide bonds. The molecule has 29 heavy (non-hydrogen) atoms. The van der Waals surface area contributed by atoms with E-state index in [4.69, 9.17) is 17.3 Å². The van der Waals surface area contributed by atoms with Gasteiger partial charge in [0.15, 0.2) is 0 Å². The molecular weight excluding hydrogens is 374 g/mol. The van der Waals surface area contributed by atoms with Gasteiger partial charge in [-0.3, -0.25) is 0 Å². The molecule has 0 aliphatic rings. The molecule has 0 heterocycles. The van der Waals surface area contributed by atoms with E-state index < -0.39 is 0 Å². The van der Waals surface area contributed by atoms with E-state index in [1.54, 1.807) is 0 Å². The third kappa shape index (κ3) is 29.8. The van der Waals surface area contributed by atoms with Crippen LogP contribution < -0.4 is 5.73 Å². The number of unbranched alkanes of at least 4 members (excludes halogenated alkanes) is 14. The zero-order valence-electron chi connectivity index (χ0n) is 20.1. The first kappa shape index (κ1) is 30.7. The third-order valence-corrected chi connectivity index (χ3v) is 5.33. The molecule has 1 aromatic rings. The third-order valence-electron chi connectivity index (χ3n) is 5.07. The van der Waals surface area contributed by atoms with Gasteiger partial charge >= 0.3 is 0 Å². The van der Waals surface area contributed by atoms with E-state index in [0.29, 0.717) is 6.54 Å². The van der Waals surface area contributed by atoms with Crippen molar-refractivity contribution in [3.63, 3.8) is 0 Å². The fourth-order valence-electron chi connectivity index (χ4n) is 2.90. The van der Waals surface area contributed by atoms with Gasteiger partial charge in [0.1, 0.15) is 0 Å². The summed E-state index contributed by atoms with van der Waals surface area (Å²) in [6.45, 7) is 7.29. The van der Waals surface area contributed by atoms with Crippen molar-refractivity contribution in [3.8, 4) is 0 Å². The SMILES string of the molecule is CCCC.CCCCCCCCCCCCCCCCCl.NCc1ccccc1. The monoisotopic (exact) mass is 425 g/mol. The Balaban J connectivity index is 0. The van der Waals surface area contributed by atoms with Crippen molar-refractivity contribution in [1.82, 2.24) is 0 Å². The van der Waals surface area contributed by atoms with Crippen LogP contribution >= 0.6 is 11.6 Å². The maximum Gasteiger partial charge on any atom is 0.0223 e. The van der Waals surface area contributed by atoms with Crippen LogP contribution in [0.25, 0.3) is 0 Å². The standard InChI is InChI=1S/C16H33Cl.C7H9N.C4H10/c1-2-3-4-5-6-7-8-9-10-11-12-13-14-15-16-17;8-6-7-4-2-1-3-5-7;1-3-4-2/h2-16H2,1H3;1-5H,6,8H2;3-4H2,1-2H3. The van der Waals surface area contributed by atoms with Gasteiger partial charge in [-0.2, -0.15) is 0 Å². The highest BCUT2D eigenvalue weighted by Gasteiger charge is 1.93. The van der Waals surface area contributed by atoms with Crippen LogP contribution in [0.3, 0.4) is 0 Å². The van der Waals surface area contributed by atoms with E-state index in [-0.39, 0.29) is 0 Å². The molecule has 2 N–H and O–H groups in total. The molecule has 1 aromatic carbocycles. The Morgan fingerprint density at radius 1 is 0.552 bits per heavy atom. The summed E-state index contributed by atoms with van der Waals surface area (Å²) in [6, 6.07) is 9.99. The first-order valence-corrected chi connectivity index (χ1v) is 13.1. The molecule has 172 valence electrons. The minimum Gasteiger partial charge on any atom is -0.326 e. The van der Waals surface area contributed by atoms with Gasteiger partial charge in [0, 0.05) is 12.4 Å². The Bertz CT molecular complexity index is 350. The van der Waals surface area contributed by atoms with Crippen LogP contribution in [0.4, 0.5) is 0 Å². The van der Waals surface area contributed by atoms with E-state index in [1.165, 1.54) is 108 Å². The second-order valence-electron chi connectivity index (χ2n) is 7.97. The van der Waals surface area contributed by atoms with Gasteiger partial charge in [-0.05, 0) is 12.0 Å². The van der Waals surface area contributed by atoms with Crippen molar-refractivity contribution in [2.45, 2.75) is 130 Å². The second kappa shape index (κ2) is 29.7. The van der Waals surface area contributed by atoms with Crippen molar-refractivity contribution in [3.05, 3.63) is 35.9 Å². The van der Waals surface area contributed by atoms with Gasteiger partial charge in [0.2, 0.25) is 0 Å². The summed E-state index contributed by atoms with van der Waals surface area (Å²) in [5, 5.41) is 0. The minimum atomic E-state index is 0.640. The number of rotatable bonds is 16. The molecule has 0 bridgehead atoms. The highest BCUT2D eigenvalue weighted by molar-refractivity contribution is 6.17. The van der Waals surface area contributed by atoms with Crippen LogP contribution in [0.5, 0.6) is 0 Å². The predicted molar refractivity (Wildman–Crippen MR) is 136 cm³/mol. The van der Waals surface area contributed by atoms with E-state index >= 15 is 0 Å². The summed E-state index contributed by atoms with van der Waals surface area (Å²) in [6.07, 6.45) is 22.5. The largest absolute Gasteiger partial charge is 0.326 e. The summed E-state index contributed by atoms with van der Waals surface area (Å²) < 4.78 is 0. The normalized spacial score (nSPS) is 9.97. The average Bonchev–Trinajstić information content (AvgIpc) is 2.78. The Labute approximate surface area is 189 Å². The average molecular weight is 426 g/mol. The van der Waals surface area contributed by atoms with Crippen LogP contribution in [0, 0.1) is 0 Å². The topological polar surface area (TPSA) is 26.0 Å². The number of hydrogen-bond acceptors (Lipinski definition) is 1. The molecule has 2 heteroatoms. The van der Waals surface area contributed by atoms with E-state index in [2.05, 4.69) is 20.8 Å². The van der Waals surface area contributed by atoms with Gasteiger partial charge < -0.3 is 5.73 Å². The quantitative estimate of drug-likeness (QED) is 0.207. The highest BCUT2D eigenvalue weighted by atomic mass is 35.5. The Kier molecular flexibility index (Phi) is 31.4. The smallest absolute Gasteiger partial charge is 0.0223 e. The number of hydrogen-bond donors (Lipinski definition) is 1. The van der Waals surface area contributed by atoms with Crippen LogP contribution in [-0.2, 0) is 6.54 Å². The van der Waals surface area contributed by atoms with Crippen LogP contribution in [0.2, 0.25) is 0 Å². The van der Waals surface area contributed by atoms with Crippen LogP contribution in [-0.4, -0.2) is 5.88 Å². The lowest BCUT2D eigenvalue weighted by atomic mass is 10.0. The second-order valence-corrected chi connectivity index (χ2v) is 8.35. The molecule has 0 aromatic heterocycles. The molecule has 0 saturated heterocycles. The summed E-state index contributed by atoms with van der Waals surface area (Å²) >= 11 is 5.64. The summed E-state index contributed by atoms with van der Waals surface area (Å²) in [7, 11) is 0. The molecule has 0 saturated carbocycles. The number of nitrogens with two attached hydrogens (primary N) is 1. The first-order valence-electron chi connectivity index (χ1n) is 12.6. The highest BCUT2D eigenvalue weighted by Crippen LogP contribution is 2.12. The fraction of sp³-hybridized carbons (Fsp3) is 0.778. The molecule has 0 atom stereocenters. The number of halogens is 1. The summed E-state index contributed by atoms with van der Waals surface area (Å²) in [5.41, 5.74) is 6.54. The van der Waals surface area contributed by atoms with Gasteiger partial charge in [0.25, 0.3) is 0 Å². The molecule has 0 aliphatic heterocycles. The van der Waals surface area contributed by atoms with Crippen LogP contribution in [0.15, 0.2) is 30.3 Å². The Morgan fingerprint density at radius 2 is 0.931 bits per heavy atom. The fourth-order valence-corrected chi connectivity index (χ4v) is 3.09. The number of alkyl halides is 1. The maximum atomic E-state index is 5.64. The molecule has 0 aliphatic carbocycles. The number of benzene rings is 1. The summed E-state index contributed by atoms with van der Waals surface area (Å²) in [5.74, 6) is 0.845. The minimum absolute atomic E-state index is 0.640. The van der Waals surface area contributed by atoms with E-state index in [0.717, 1.165) is 5.88 Å². The molecule has 1 nitrogen and oxygen atoms in total. The van der Waals surface area contributed by atoms with Crippen molar-refractivity contribution in [2.75, 3.05) is 5.88 Å². The van der Waals surface area contributed by atoms with Crippen molar-refractivity contribution >= 4 is 11.6 Å². The zero-order chi connectivity index (χ0) is 21.8. The molecule has 0 spiro atoms. The molecule has 0 unspecified atom stereocenters. The van der Waals surface area contributed by atoms with E-state index in [1.807, 2.05) is 30.3 Å². The molecule has 1 rings (SSSR count). The van der Waals surface area contributed by atoms with Crippen LogP contribution in [0.1, 0.15) is 129 Å². The van der Waals surface area contributed by atoms with Crippen molar-refractivity contribution in [1.29, 1.82) is 0 Å². The van der Waals surface area contributed by atoms with Crippen molar-refractivity contribution < 1.29 is 0 Å². The van der Waals surface area contributed by atoms with Gasteiger partial charge in [-0.25, -0.2) is 0 Å².